The summed E-state index contributed by atoms with van der Waals surface area (Å²) in [6, 6.07) is 7.75. The molecule has 0 fully saturated rings. The monoisotopic (exact) mass is 238 g/mol. The Labute approximate surface area is 101 Å². The summed E-state index contributed by atoms with van der Waals surface area (Å²) in [5.74, 6) is 0.0121. The molecular weight excluding hydrogens is 224 g/mol. The molecule has 86 valence electrons. The van der Waals surface area contributed by atoms with Crippen LogP contribution >= 0.6 is 12.4 Å². The van der Waals surface area contributed by atoms with Gasteiger partial charge in [0.25, 0.3) is 0 Å². The largest absolute Gasteiger partial charge is 0.324 e. The summed E-state index contributed by atoms with van der Waals surface area (Å²) < 4.78 is 1.65. The van der Waals surface area contributed by atoms with Gasteiger partial charge in [-0.1, -0.05) is 18.2 Å². The van der Waals surface area contributed by atoms with E-state index >= 15 is 0 Å². The second-order valence-corrected chi connectivity index (χ2v) is 3.78. The van der Waals surface area contributed by atoms with Crippen molar-refractivity contribution in [2.24, 2.45) is 5.73 Å². The number of hydrogen-bond acceptors (Lipinski definition) is 2. The summed E-state index contributed by atoms with van der Waals surface area (Å²) in [5, 5.41) is 1.06. The van der Waals surface area contributed by atoms with Crippen LogP contribution in [0.4, 0.5) is 0 Å². The van der Waals surface area contributed by atoms with Crippen molar-refractivity contribution in [2.45, 2.75) is 19.9 Å². The summed E-state index contributed by atoms with van der Waals surface area (Å²) in [6.45, 7) is 3.48. The quantitative estimate of drug-likeness (QED) is 0.831. The number of carbonyl (C=O) groups excluding carboxylic acids is 1. The van der Waals surface area contributed by atoms with E-state index in [0.717, 1.165) is 16.5 Å². The predicted octanol–water partition coefficient (Wildman–Crippen LogP) is 2.74. The van der Waals surface area contributed by atoms with Crippen LogP contribution in [0, 0.1) is 0 Å². The minimum Gasteiger partial charge on any atom is -0.324 e. The van der Waals surface area contributed by atoms with Crippen molar-refractivity contribution in [3.8, 4) is 0 Å². The van der Waals surface area contributed by atoms with Crippen LogP contribution in [0.2, 0.25) is 0 Å². The second kappa shape index (κ2) is 4.68. The molecule has 0 saturated carbocycles. The van der Waals surface area contributed by atoms with Crippen LogP contribution in [-0.4, -0.2) is 10.5 Å². The van der Waals surface area contributed by atoms with E-state index in [-0.39, 0.29) is 24.4 Å². The van der Waals surface area contributed by atoms with Crippen LogP contribution in [0.5, 0.6) is 0 Å². The number of nitrogens with zero attached hydrogens (tertiary/aromatic N) is 1. The SMILES string of the molecule is CC(=O)n1cc([C@@H](C)N)c2ccccc21.Cl. The summed E-state index contributed by atoms with van der Waals surface area (Å²) in [7, 11) is 0. The van der Waals surface area contributed by atoms with Gasteiger partial charge in [0.2, 0.25) is 5.91 Å². The van der Waals surface area contributed by atoms with E-state index in [1.165, 1.54) is 0 Å². The van der Waals surface area contributed by atoms with Crippen LogP contribution < -0.4 is 5.73 Å². The molecule has 0 radical (unpaired) electrons. The molecule has 0 spiro atoms. The van der Waals surface area contributed by atoms with Gasteiger partial charge in [-0.15, -0.1) is 12.4 Å². The number of fused-ring (bicyclic) bond motifs is 1. The maximum atomic E-state index is 11.4. The molecule has 2 rings (SSSR count). The molecule has 0 aliphatic carbocycles. The van der Waals surface area contributed by atoms with Gasteiger partial charge in [-0.05, 0) is 18.6 Å². The van der Waals surface area contributed by atoms with Gasteiger partial charge in [0.1, 0.15) is 0 Å². The lowest BCUT2D eigenvalue weighted by Gasteiger charge is -2.01. The normalized spacial score (nSPS) is 12.2. The van der Waals surface area contributed by atoms with E-state index in [1.807, 2.05) is 37.4 Å². The standard InChI is InChI=1S/C12H14N2O.ClH/c1-8(13)11-7-14(9(2)15)12-6-4-3-5-10(11)12;/h3-8H,13H2,1-2H3;1H/t8-;/m1./s1. The first-order chi connectivity index (χ1) is 7.11. The molecule has 0 saturated heterocycles. The predicted molar refractivity (Wildman–Crippen MR) is 68.1 cm³/mol. The second-order valence-electron chi connectivity index (χ2n) is 3.78. The Morgan fingerprint density at radius 2 is 2.00 bits per heavy atom. The number of aromatic nitrogens is 1. The molecular formula is C12H15ClN2O. The summed E-state index contributed by atoms with van der Waals surface area (Å²) in [6.07, 6.45) is 1.83. The Morgan fingerprint density at radius 1 is 1.38 bits per heavy atom. The molecule has 3 nitrogen and oxygen atoms in total. The number of hydrogen-bond donors (Lipinski definition) is 1. The first-order valence-electron chi connectivity index (χ1n) is 4.97. The molecule has 2 aromatic rings. The third-order valence-corrected chi connectivity index (χ3v) is 2.57. The minimum absolute atomic E-state index is 0. The third-order valence-electron chi connectivity index (χ3n) is 2.57. The van der Waals surface area contributed by atoms with Crippen LogP contribution in [0.1, 0.15) is 30.2 Å². The topological polar surface area (TPSA) is 48.0 Å². The average Bonchev–Trinajstić information content (AvgIpc) is 2.56. The van der Waals surface area contributed by atoms with Crippen molar-refractivity contribution in [1.29, 1.82) is 0 Å². The zero-order valence-electron chi connectivity index (χ0n) is 9.31. The average molecular weight is 239 g/mol. The number of nitrogens with two attached hydrogens (primary N) is 1. The van der Waals surface area contributed by atoms with Crippen molar-refractivity contribution in [2.75, 3.05) is 0 Å². The third kappa shape index (κ3) is 1.96. The molecule has 1 atom stereocenters. The van der Waals surface area contributed by atoms with E-state index < -0.39 is 0 Å². The molecule has 0 aliphatic heterocycles. The first kappa shape index (κ1) is 12.7. The van der Waals surface area contributed by atoms with Gasteiger partial charge >= 0.3 is 0 Å². The zero-order chi connectivity index (χ0) is 11.0. The van der Waals surface area contributed by atoms with Crippen molar-refractivity contribution in [1.82, 2.24) is 4.57 Å². The lowest BCUT2D eigenvalue weighted by atomic mass is 10.1. The molecule has 16 heavy (non-hydrogen) atoms. The molecule has 0 aliphatic rings. The van der Waals surface area contributed by atoms with Crippen LogP contribution in [0.15, 0.2) is 30.5 Å². The van der Waals surface area contributed by atoms with Crippen molar-refractivity contribution in [3.05, 3.63) is 36.0 Å². The highest BCUT2D eigenvalue weighted by atomic mass is 35.5. The fraction of sp³-hybridized carbons (Fsp3) is 0.250. The van der Waals surface area contributed by atoms with Gasteiger partial charge in [0.05, 0.1) is 5.52 Å². The summed E-state index contributed by atoms with van der Waals surface area (Å²) in [5.41, 5.74) is 7.81. The molecule has 0 bridgehead atoms. The lowest BCUT2D eigenvalue weighted by Crippen LogP contribution is -2.05. The number of rotatable bonds is 1. The van der Waals surface area contributed by atoms with Crippen molar-refractivity contribution in [3.63, 3.8) is 0 Å². The maximum absolute atomic E-state index is 11.4. The fourth-order valence-corrected chi connectivity index (χ4v) is 1.83. The van der Waals surface area contributed by atoms with Crippen molar-refractivity contribution < 1.29 is 4.79 Å². The molecule has 1 aromatic heterocycles. The molecule has 4 heteroatoms. The van der Waals surface area contributed by atoms with Crippen molar-refractivity contribution >= 4 is 29.2 Å². The van der Waals surface area contributed by atoms with E-state index in [9.17, 15) is 4.79 Å². The number of para-hydroxylation sites is 1. The Kier molecular flexibility index (Phi) is 3.73. The smallest absolute Gasteiger partial charge is 0.227 e. The minimum atomic E-state index is -0.0597. The van der Waals surface area contributed by atoms with Crippen LogP contribution in [0.3, 0.4) is 0 Å². The highest BCUT2D eigenvalue weighted by molar-refractivity contribution is 5.93. The van der Waals surface area contributed by atoms with Gasteiger partial charge in [-0.25, -0.2) is 0 Å². The highest BCUT2D eigenvalue weighted by Crippen LogP contribution is 2.24. The van der Waals surface area contributed by atoms with Gasteiger partial charge in [0, 0.05) is 24.5 Å². The lowest BCUT2D eigenvalue weighted by molar-refractivity contribution is 0.0941. The van der Waals surface area contributed by atoms with Gasteiger partial charge < -0.3 is 5.73 Å². The number of halogens is 1. The molecule has 2 N–H and O–H groups in total. The first-order valence-corrected chi connectivity index (χ1v) is 4.97. The Morgan fingerprint density at radius 3 is 2.56 bits per heavy atom. The van der Waals surface area contributed by atoms with E-state index in [0.29, 0.717) is 0 Å². The number of carbonyl (C=O) groups is 1. The summed E-state index contributed by atoms with van der Waals surface area (Å²) in [4.78, 5) is 11.4. The van der Waals surface area contributed by atoms with E-state index in [1.54, 1.807) is 11.5 Å². The van der Waals surface area contributed by atoms with Gasteiger partial charge in [-0.3, -0.25) is 9.36 Å². The van der Waals surface area contributed by atoms with E-state index in [2.05, 4.69) is 0 Å². The molecule has 0 unspecified atom stereocenters. The van der Waals surface area contributed by atoms with Gasteiger partial charge in [-0.2, -0.15) is 0 Å². The van der Waals surface area contributed by atoms with E-state index in [4.69, 9.17) is 5.73 Å². The van der Waals surface area contributed by atoms with Crippen LogP contribution in [-0.2, 0) is 0 Å². The Hall–Kier alpha value is -1.32. The highest BCUT2D eigenvalue weighted by Gasteiger charge is 2.12. The Balaban J connectivity index is 0.00000128. The molecule has 0 amide bonds. The maximum Gasteiger partial charge on any atom is 0.227 e. The zero-order valence-corrected chi connectivity index (χ0v) is 10.1. The summed E-state index contributed by atoms with van der Waals surface area (Å²) >= 11 is 0. The fourth-order valence-electron chi connectivity index (χ4n) is 1.83. The van der Waals surface area contributed by atoms with Gasteiger partial charge in [0.15, 0.2) is 0 Å². The Bertz CT molecular complexity index is 517. The number of benzene rings is 1. The molecule has 1 heterocycles. The molecule has 1 aromatic carbocycles. The van der Waals surface area contributed by atoms with Crippen LogP contribution in [0.25, 0.3) is 10.9 Å².